The summed E-state index contributed by atoms with van der Waals surface area (Å²) in [6, 6.07) is 4.97. The molecular formula is C18H26N4O3S. The molecule has 2 rings (SSSR count). The zero-order valence-electron chi connectivity index (χ0n) is 15.7. The molecule has 0 aliphatic carbocycles. The number of hydrogen-bond acceptors (Lipinski definition) is 4. The number of rotatable bonds is 8. The van der Waals surface area contributed by atoms with Crippen LogP contribution in [0.2, 0.25) is 0 Å². The number of carbonyl (C=O) groups excluding carboxylic acids is 1. The molecule has 0 aliphatic heterocycles. The lowest BCUT2D eigenvalue weighted by molar-refractivity contribution is -0.121. The van der Waals surface area contributed by atoms with Crippen LogP contribution in [0.25, 0.3) is 0 Å². The number of nitrogens with zero attached hydrogens (tertiary/aromatic N) is 3. The monoisotopic (exact) mass is 378 g/mol. The number of likely N-dealkylation sites (N-methyl/N-ethyl adjacent to an activating group) is 1. The van der Waals surface area contributed by atoms with Crippen molar-refractivity contribution in [2.75, 3.05) is 20.1 Å². The largest absolute Gasteiger partial charge is 0.355 e. The Hall–Kier alpha value is -2.19. The molecule has 0 atom stereocenters. The van der Waals surface area contributed by atoms with E-state index in [2.05, 4.69) is 10.4 Å². The van der Waals surface area contributed by atoms with E-state index < -0.39 is 10.0 Å². The summed E-state index contributed by atoms with van der Waals surface area (Å²) in [7, 11) is -2.27. The molecule has 0 saturated heterocycles. The Bertz CT molecular complexity index is 874. The summed E-state index contributed by atoms with van der Waals surface area (Å²) in [5, 5.41) is 6.92. The second kappa shape index (κ2) is 8.46. The number of aromatic nitrogens is 2. The van der Waals surface area contributed by atoms with E-state index in [4.69, 9.17) is 0 Å². The second-order valence-electron chi connectivity index (χ2n) is 6.49. The predicted molar refractivity (Wildman–Crippen MR) is 100 cm³/mol. The Balaban J connectivity index is 1.84. The van der Waals surface area contributed by atoms with E-state index in [0.29, 0.717) is 13.1 Å². The maximum absolute atomic E-state index is 12.6. The molecule has 0 aliphatic rings. The zero-order valence-corrected chi connectivity index (χ0v) is 16.5. The van der Waals surface area contributed by atoms with Crippen molar-refractivity contribution < 1.29 is 13.2 Å². The van der Waals surface area contributed by atoms with E-state index in [9.17, 15) is 13.2 Å². The first kappa shape index (κ1) is 20.1. The fourth-order valence-electron chi connectivity index (χ4n) is 2.46. The quantitative estimate of drug-likeness (QED) is 0.708. The average Bonchev–Trinajstić information content (AvgIpc) is 2.99. The Morgan fingerprint density at radius 3 is 2.58 bits per heavy atom. The van der Waals surface area contributed by atoms with Gasteiger partial charge in [-0.25, -0.2) is 8.42 Å². The van der Waals surface area contributed by atoms with Crippen LogP contribution in [-0.4, -0.2) is 48.5 Å². The third-order valence-electron chi connectivity index (χ3n) is 4.20. The van der Waals surface area contributed by atoms with Crippen LogP contribution in [0.5, 0.6) is 0 Å². The lowest BCUT2D eigenvalue weighted by atomic mass is 10.1. The molecule has 0 fully saturated rings. The van der Waals surface area contributed by atoms with Crippen LogP contribution < -0.4 is 5.32 Å². The summed E-state index contributed by atoms with van der Waals surface area (Å²) in [6.45, 7) is 6.71. The number of aryl methyl sites for hydroxylation is 4. The van der Waals surface area contributed by atoms with E-state index >= 15 is 0 Å². The Labute approximate surface area is 155 Å². The molecule has 142 valence electrons. The highest BCUT2D eigenvalue weighted by atomic mass is 32.2. The molecule has 0 radical (unpaired) electrons. The first-order valence-electron chi connectivity index (χ1n) is 8.49. The second-order valence-corrected chi connectivity index (χ2v) is 8.54. The maximum Gasteiger partial charge on any atom is 0.243 e. The highest BCUT2D eigenvalue weighted by Crippen LogP contribution is 2.17. The molecule has 1 aromatic carbocycles. The molecule has 0 spiro atoms. The van der Waals surface area contributed by atoms with Crippen molar-refractivity contribution in [3.63, 3.8) is 0 Å². The van der Waals surface area contributed by atoms with E-state index in [1.54, 1.807) is 24.4 Å². The van der Waals surface area contributed by atoms with Crippen LogP contribution >= 0.6 is 0 Å². The van der Waals surface area contributed by atoms with Crippen LogP contribution in [0.4, 0.5) is 0 Å². The third-order valence-corrected chi connectivity index (χ3v) is 6.00. The lowest BCUT2D eigenvalue weighted by Gasteiger charge is -2.17. The number of hydrogen-bond donors (Lipinski definition) is 1. The summed E-state index contributed by atoms with van der Waals surface area (Å²) in [4.78, 5) is 12.2. The summed E-state index contributed by atoms with van der Waals surface area (Å²) in [5.41, 5.74) is 3.02. The molecule has 7 nitrogen and oxygen atoms in total. The number of sulfonamides is 1. The topological polar surface area (TPSA) is 84.3 Å². The first-order valence-corrected chi connectivity index (χ1v) is 9.93. The summed E-state index contributed by atoms with van der Waals surface area (Å²) in [6.07, 6.45) is 4.44. The van der Waals surface area contributed by atoms with Gasteiger partial charge in [0.15, 0.2) is 0 Å². The Kier molecular flexibility index (Phi) is 6.55. The van der Waals surface area contributed by atoms with E-state index in [-0.39, 0.29) is 17.3 Å². The minimum atomic E-state index is -3.69. The summed E-state index contributed by atoms with van der Waals surface area (Å²) < 4.78 is 28.1. The third kappa shape index (κ3) is 5.15. The number of amides is 1. The van der Waals surface area contributed by atoms with Gasteiger partial charge in [-0.3, -0.25) is 9.48 Å². The van der Waals surface area contributed by atoms with Gasteiger partial charge in [0.05, 0.1) is 17.6 Å². The van der Waals surface area contributed by atoms with Gasteiger partial charge in [0.1, 0.15) is 0 Å². The van der Waals surface area contributed by atoms with Gasteiger partial charge in [0.25, 0.3) is 0 Å². The standard InChI is InChI=1S/C18H26N4O3S/c1-14-11-20-22(12-14)9-5-8-19-18(23)13-21(4)26(24,25)17-7-6-15(2)16(3)10-17/h6-7,10-12H,5,8-9,13H2,1-4H3,(H,19,23). The molecule has 1 N–H and O–H groups in total. The number of benzene rings is 1. The number of nitrogens with one attached hydrogen (secondary N) is 1. The molecule has 0 bridgehead atoms. The van der Waals surface area contributed by atoms with Gasteiger partial charge in [-0.2, -0.15) is 9.40 Å². The van der Waals surface area contributed by atoms with E-state index in [0.717, 1.165) is 27.4 Å². The normalized spacial score (nSPS) is 11.7. The molecule has 1 amide bonds. The smallest absolute Gasteiger partial charge is 0.243 e. The van der Waals surface area contributed by atoms with E-state index in [1.807, 2.05) is 31.6 Å². The molecule has 2 aromatic rings. The van der Waals surface area contributed by atoms with Gasteiger partial charge in [-0.05, 0) is 56.0 Å². The molecule has 0 unspecified atom stereocenters. The van der Waals surface area contributed by atoms with Gasteiger partial charge in [-0.15, -0.1) is 0 Å². The van der Waals surface area contributed by atoms with Crippen LogP contribution in [0.3, 0.4) is 0 Å². The maximum atomic E-state index is 12.6. The van der Waals surface area contributed by atoms with Crippen LogP contribution in [0.15, 0.2) is 35.5 Å². The molecule has 1 aromatic heterocycles. The minimum Gasteiger partial charge on any atom is -0.355 e. The highest BCUT2D eigenvalue weighted by molar-refractivity contribution is 7.89. The lowest BCUT2D eigenvalue weighted by Crippen LogP contribution is -2.38. The summed E-state index contributed by atoms with van der Waals surface area (Å²) in [5.74, 6) is -0.323. The van der Waals surface area contributed by atoms with Crippen molar-refractivity contribution in [2.24, 2.45) is 0 Å². The van der Waals surface area contributed by atoms with Gasteiger partial charge < -0.3 is 5.32 Å². The molecule has 26 heavy (non-hydrogen) atoms. The molecule has 8 heteroatoms. The van der Waals surface area contributed by atoms with Crippen LogP contribution in [0, 0.1) is 20.8 Å². The molecule has 0 saturated carbocycles. The van der Waals surface area contributed by atoms with Crippen molar-refractivity contribution >= 4 is 15.9 Å². The highest BCUT2D eigenvalue weighted by Gasteiger charge is 2.23. The van der Waals surface area contributed by atoms with Crippen LogP contribution in [-0.2, 0) is 21.4 Å². The molecule has 1 heterocycles. The Morgan fingerprint density at radius 2 is 1.96 bits per heavy atom. The predicted octanol–water partition coefficient (Wildman–Crippen LogP) is 1.64. The first-order chi connectivity index (χ1) is 12.2. The van der Waals surface area contributed by atoms with Crippen molar-refractivity contribution in [2.45, 2.75) is 38.6 Å². The van der Waals surface area contributed by atoms with Crippen molar-refractivity contribution in [3.05, 3.63) is 47.3 Å². The van der Waals surface area contributed by atoms with Gasteiger partial charge in [0.2, 0.25) is 15.9 Å². The SMILES string of the molecule is Cc1cnn(CCCNC(=O)CN(C)S(=O)(=O)c2ccc(C)c(C)c2)c1. The van der Waals surface area contributed by atoms with Crippen LogP contribution in [0.1, 0.15) is 23.1 Å². The zero-order chi connectivity index (χ0) is 19.3. The van der Waals surface area contributed by atoms with Crippen molar-refractivity contribution in [3.8, 4) is 0 Å². The van der Waals surface area contributed by atoms with Gasteiger partial charge >= 0.3 is 0 Å². The van der Waals surface area contributed by atoms with Crippen molar-refractivity contribution in [1.29, 1.82) is 0 Å². The molecular weight excluding hydrogens is 352 g/mol. The average molecular weight is 378 g/mol. The van der Waals surface area contributed by atoms with Gasteiger partial charge in [0, 0.05) is 26.3 Å². The van der Waals surface area contributed by atoms with E-state index in [1.165, 1.54) is 7.05 Å². The summed E-state index contributed by atoms with van der Waals surface area (Å²) >= 11 is 0. The Morgan fingerprint density at radius 1 is 1.23 bits per heavy atom. The minimum absolute atomic E-state index is 0.199. The van der Waals surface area contributed by atoms with Crippen molar-refractivity contribution in [1.82, 2.24) is 19.4 Å². The number of carbonyl (C=O) groups is 1. The van der Waals surface area contributed by atoms with Gasteiger partial charge in [-0.1, -0.05) is 6.07 Å². The fraction of sp³-hybridized carbons (Fsp3) is 0.444. The fourth-order valence-corrected chi connectivity index (χ4v) is 3.67.